The monoisotopic (exact) mass is 469 g/mol. The molecule has 0 radical (unpaired) electrons. The van der Waals surface area contributed by atoms with Crippen LogP contribution in [0.1, 0.15) is 30.1 Å². The smallest absolute Gasteiger partial charge is 0.266 e. The largest absolute Gasteiger partial charge is 0.467 e. The summed E-state index contributed by atoms with van der Waals surface area (Å²) in [5, 5.41) is 0.910. The first-order valence-electron chi connectivity index (χ1n) is 10.1. The number of carbonyl (C=O) groups is 1. The average Bonchev–Trinajstić information content (AvgIpc) is 3.30. The topological polar surface area (TPSA) is 68.3 Å². The molecule has 4 rings (SSSR count). The van der Waals surface area contributed by atoms with E-state index in [9.17, 15) is 9.59 Å². The zero-order valence-electron chi connectivity index (χ0n) is 17.6. The standard InChI is InChI=1S/C24H21Cl2N3O3/c1-15-5-8-18(9-6-15)29-23(27-21-12-17(26)7-10-20(21)24(29)31)16(2)28(22(30)13-25)14-19-4-3-11-32-19/h3-12,16H,13-14H2,1-2H3. The minimum Gasteiger partial charge on any atom is -0.467 e. The van der Waals surface area contributed by atoms with Crippen molar-refractivity contribution in [1.29, 1.82) is 0 Å². The fourth-order valence-corrected chi connectivity index (χ4v) is 3.95. The molecule has 0 saturated carbocycles. The summed E-state index contributed by atoms with van der Waals surface area (Å²) >= 11 is 12.1. The number of aryl methyl sites for hydroxylation is 1. The Morgan fingerprint density at radius 2 is 1.94 bits per heavy atom. The molecule has 0 spiro atoms. The maximum absolute atomic E-state index is 13.6. The fourth-order valence-electron chi connectivity index (χ4n) is 3.63. The van der Waals surface area contributed by atoms with Crippen molar-refractivity contribution in [2.24, 2.45) is 0 Å². The summed E-state index contributed by atoms with van der Waals surface area (Å²) in [4.78, 5) is 32.6. The second kappa shape index (κ2) is 9.18. The van der Waals surface area contributed by atoms with Gasteiger partial charge in [0.2, 0.25) is 5.91 Å². The number of nitrogens with zero attached hydrogens (tertiary/aromatic N) is 3. The van der Waals surface area contributed by atoms with Crippen LogP contribution >= 0.6 is 23.2 Å². The molecular weight excluding hydrogens is 449 g/mol. The molecule has 0 aliphatic rings. The molecular formula is C24H21Cl2N3O3. The Morgan fingerprint density at radius 3 is 2.59 bits per heavy atom. The van der Waals surface area contributed by atoms with Crippen LogP contribution in [0, 0.1) is 6.92 Å². The number of carbonyl (C=O) groups excluding carboxylic acids is 1. The number of alkyl halides is 1. The molecule has 8 heteroatoms. The summed E-state index contributed by atoms with van der Waals surface area (Å²) in [7, 11) is 0. The molecule has 164 valence electrons. The highest BCUT2D eigenvalue weighted by Gasteiger charge is 2.27. The van der Waals surface area contributed by atoms with Gasteiger partial charge in [0, 0.05) is 5.02 Å². The van der Waals surface area contributed by atoms with Gasteiger partial charge in [0.1, 0.15) is 17.5 Å². The summed E-state index contributed by atoms with van der Waals surface area (Å²) in [5.41, 5.74) is 1.94. The van der Waals surface area contributed by atoms with E-state index in [4.69, 9.17) is 32.6 Å². The molecule has 4 aromatic rings. The van der Waals surface area contributed by atoms with Crippen molar-refractivity contribution in [3.8, 4) is 5.69 Å². The normalized spacial score (nSPS) is 12.1. The van der Waals surface area contributed by atoms with Crippen molar-refractivity contribution in [2.75, 3.05) is 5.88 Å². The van der Waals surface area contributed by atoms with E-state index >= 15 is 0 Å². The molecule has 1 atom stereocenters. The molecule has 1 amide bonds. The maximum Gasteiger partial charge on any atom is 0.266 e. The van der Waals surface area contributed by atoms with Gasteiger partial charge in [-0.15, -0.1) is 11.6 Å². The van der Waals surface area contributed by atoms with Crippen LogP contribution in [0.3, 0.4) is 0 Å². The minimum atomic E-state index is -0.580. The molecule has 32 heavy (non-hydrogen) atoms. The number of fused-ring (bicyclic) bond motifs is 1. The van der Waals surface area contributed by atoms with Gasteiger partial charge in [-0.3, -0.25) is 14.2 Å². The van der Waals surface area contributed by atoms with Gasteiger partial charge >= 0.3 is 0 Å². The van der Waals surface area contributed by atoms with E-state index in [0.29, 0.717) is 33.2 Å². The molecule has 1 unspecified atom stereocenters. The predicted octanol–water partition coefficient (Wildman–Crippen LogP) is 5.27. The number of benzene rings is 2. The highest BCUT2D eigenvalue weighted by atomic mass is 35.5. The summed E-state index contributed by atoms with van der Waals surface area (Å²) in [6, 6.07) is 15.5. The number of hydrogen-bond donors (Lipinski definition) is 0. The first kappa shape index (κ1) is 22.1. The van der Waals surface area contributed by atoms with Crippen molar-refractivity contribution in [1.82, 2.24) is 14.5 Å². The second-order valence-electron chi connectivity index (χ2n) is 7.52. The molecule has 0 N–H and O–H groups in total. The molecule has 2 aromatic carbocycles. The second-order valence-corrected chi connectivity index (χ2v) is 8.22. The number of rotatable bonds is 6. The van der Waals surface area contributed by atoms with Gasteiger partial charge in [-0.2, -0.15) is 0 Å². The van der Waals surface area contributed by atoms with Gasteiger partial charge < -0.3 is 9.32 Å². The average molecular weight is 470 g/mol. The van der Waals surface area contributed by atoms with Crippen LogP contribution in [0.25, 0.3) is 16.6 Å². The summed E-state index contributed by atoms with van der Waals surface area (Å²) in [5.74, 6) is 0.493. The van der Waals surface area contributed by atoms with Crippen LogP contribution in [0.5, 0.6) is 0 Å². The lowest BCUT2D eigenvalue weighted by atomic mass is 10.1. The molecule has 0 bridgehead atoms. The van der Waals surface area contributed by atoms with E-state index < -0.39 is 6.04 Å². The Hall–Kier alpha value is -3.09. The maximum atomic E-state index is 13.6. The van der Waals surface area contributed by atoms with Crippen LogP contribution in [0.4, 0.5) is 0 Å². The van der Waals surface area contributed by atoms with E-state index in [2.05, 4.69) is 0 Å². The van der Waals surface area contributed by atoms with Crippen molar-refractivity contribution < 1.29 is 9.21 Å². The van der Waals surface area contributed by atoms with E-state index in [1.165, 1.54) is 4.57 Å². The fraction of sp³-hybridized carbons (Fsp3) is 0.208. The summed E-state index contributed by atoms with van der Waals surface area (Å²) in [6.45, 7) is 3.98. The van der Waals surface area contributed by atoms with E-state index in [0.717, 1.165) is 5.56 Å². The molecule has 0 fully saturated rings. The molecule has 0 aliphatic carbocycles. The lowest BCUT2D eigenvalue weighted by Crippen LogP contribution is -2.37. The first-order chi connectivity index (χ1) is 15.4. The number of furan rings is 1. The predicted molar refractivity (Wildman–Crippen MR) is 125 cm³/mol. The first-order valence-corrected chi connectivity index (χ1v) is 11.0. The zero-order chi connectivity index (χ0) is 22.8. The van der Waals surface area contributed by atoms with E-state index in [-0.39, 0.29) is 23.9 Å². The molecule has 2 aromatic heterocycles. The molecule has 6 nitrogen and oxygen atoms in total. The lowest BCUT2D eigenvalue weighted by molar-refractivity contribution is -0.131. The van der Waals surface area contributed by atoms with Crippen LogP contribution in [0.15, 0.2) is 70.1 Å². The van der Waals surface area contributed by atoms with Crippen LogP contribution in [-0.2, 0) is 11.3 Å². The van der Waals surface area contributed by atoms with E-state index in [1.54, 1.807) is 41.5 Å². The third kappa shape index (κ3) is 4.29. The quantitative estimate of drug-likeness (QED) is 0.360. The number of amides is 1. The van der Waals surface area contributed by atoms with Gasteiger partial charge in [0.05, 0.1) is 35.4 Å². The zero-order valence-corrected chi connectivity index (χ0v) is 19.1. The third-order valence-corrected chi connectivity index (χ3v) is 5.80. The molecule has 0 saturated heterocycles. The SMILES string of the molecule is Cc1ccc(-n2c(C(C)N(Cc3ccco3)C(=O)CCl)nc3cc(Cl)ccc3c2=O)cc1. The van der Waals surface area contributed by atoms with Crippen molar-refractivity contribution in [2.45, 2.75) is 26.4 Å². The van der Waals surface area contributed by atoms with Gasteiger partial charge in [-0.25, -0.2) is 4.98 Å². The Morgan fingerprint density at radius 1 is 1.19 bits per heavy atom. The van der Waals surface area contributed by atoms with Crippen molar-refractivity contribution in [3.05, 3.63) is 93.4 Å². The van der Waals surface area contributed by atoms with Crippen molar-refractivity contribution >= 4 is 40.0 Å². The van der Waals surface area contributed by atoms with E-state index in [1.807, 2.05) is 38.1 Å². The van der Waals surface area contributed by atoms with Gasteiger partial charge in [0.15, 0.2) is 0 Å². The van der Waals surface area contributed by atoms with Gasteiger partial charge in [0.25, 0.3) is 5.56 Å². The molecule has 0 aliphatic heterocycles. The van der Waals surface area contributed by atoms with Gasteiger partial charge in [-0.05, 0) is 56.3 Å². The van der Waals surface area contributed by atoms with Crippen LogP contribution in [0.2, 0.25) is 5.02 Å². The Kier molecular flexibility index (Phi) is 6.35. The molecule has 2 heterocycles. The number of aromatic nitrogens is 2. The Bertz CT molecular complexity index is 1320. The minimum absolute atomic E-state index is 0.192. The number of hydrogen-bond acceptors (Lipinski definition) is 4. The Labute approximate surface area is 195 Å². The highest BCUT2D eigenvalue weighted by molar-refractivity contribution is 6.31. The number of halogens is 2. The lowest BCUT2D eigenvalue weighted by Gasteiger charge is -2.29. The van der Waals surface area contributed by atoms with Crippen LogP contribution in [-0.4, -0.2) is 26.2 Å². The van der Waals surface area contributed by atoms with Crippen LogP contribution < -0.4 is 5.56 Å². The summed E-state index contributed by atoms with van der Waals surface area (Å²) < 4.78 is 6.98. The highest BCUT2D eigenvalue weighted by Crippen LogP contribution is 2.26. The summed E-state index contributed by atoms with van der Waals surface area (Å²) in [6.07, 6.45) is 1.54. The Balaban J connectivity index is 1.93. The third-order valence-electron chi connectivity index (χ3n) is 5.33. The van der Waals surface area contributed by atoms with Gasteiger partial charge in [-0.1, -0.05) is 29.3 Å². The van der Waals surface area contributed by atoms with Crippen molar-refractivity contribution in [3.63, 3.8) is 0 Å².